The molecule has 0 bridgehead atoms. The molecule has 0 radical (unpaired) electrons. The van der Waals surface area contributed by atoms with Gasteiger partial charge in [0.15, 0.2) is 5.82 Å². The Labute approximate surface area is 104 Å². The van der Waals surface area contributed by atoms with Crippen LogP contribution in [0.1, 0.15) is 0 Å². The number of aromatic nitrogens is 3. The fourth-order valence-electron chi connectivity index (χ4n) is 1.21. The summed E-state index contributed by atoms with van der Waals surface area (Å²) in [4.78, 5) is 13.9. The number of ether oxygens (including phenoxy) is 1. The molecular weight excluding hydrogens is 292 g/mol. The third kappa shape index (κ3) is 2.26. The van der Waals surface area contributed by atoms with Crippen LogP contribution in [0.15, 0.2) is 29.0 Å². The first-order valence-corrected chi connectivity index (χ1v) is 5.31. The largest absolute Gasteiger partial charge is 0.479 e. The predicted molar refractivity (Wildman–Crippen MR) is 62.3 cm³/mol. The van der Waals surface area contributed by atoms with E-state index in [2.05, 4.69) is 26.0 Å². The highest BCUT2D eigenvalue weighted by Gasteiger charge is 2.10. The maximum atomic E-state index is 10.5. The van der Waals surface area contributed by atoms with Crippen LogP contribution in [-0.4, -0.2) is 26.8 Å². The summed E-state index contributed by atoms with van der Waals surface area (Å²) in [7, 11) is 1.50. The van der Waals surface area contributed by atoms with E-state index in [1.165, 1.54) is 30.1 Å². The topological polar surface area (TPSA) is 83.1 Å². The van der Waals surface area contributed by atoms with Crippen LogP contribution in [0.2, 0.25) is 0 Å². The predicted octanol–water partition coefficient (Wildman–Crippen LogP) is 1.95. The van der Waals surface area contributed by atoms with Crippen molar-refractivity contribution in [3.8, 4) is 11.7 Å². The van der Waals surface area contributed by atoms with Gasteiger partial charge in [-0.2, -0.15) is 0 Å². The van der Waals surface area contributed by atoms with E-state index in [1.54, 1.807) is 6.20 Å². The number of nitro groups is 1. The average Bonchev–Trinajstić information content (AvgIpc) is 2.70. The Morgan fingerprint density at radius 2 is 2.29 bits per heavy atom. The van der Waals surface area contributed by atoms with Gasteiger partial charge in [0.2, 0.25) is 5.88 Å². The van der Waals surface area contributed by atoms with E-state index in [0.717, 1.165) is 0 Å². The molecule has 0 amide bonds. The summed E-state index contributed by atoms with van der Waals surface area (Å²) < 4.78 is 7.14. The number of pyridine rings is 1. The fraction of sp³-hybridized carbons (Fsp3) is 0.111. The first kappa shape index (κ1) is 11.5. The minimum atomic E-state index is -0.504. The van der Waals surface area contributed by atoms with E-state index in [-0.39, 0.29) is 5.69 Å². The normalized spacial score (nSPS) is 10.2. The molecule has 17 heavy (non-hydrogen) atoms. The smallest absolute Gasteiger partial charge is 0.287 e. The molecule has 0 atom stereocenters. The average molecular weight is 299 g/mol. The van der Waals surface area contributed by atoms with Crippen LogP contribution in [0, 0.1) is 10.1 Å². The lowest BCUT2D eigenvalue weighted by molar-refractivity contribution is -0.385. The number of rotatable bonds is 3. The van der Waals surface area contributed by atoms with Crippen LogP contribution in [-0.2, 0) is 0 Å². The maximum Gasteiger partial charge on any atom is 0.287 e. The molecule has 0 unspecified atom stereocenters. The van der Waals surface area contributed by atoms with E-state index in [9.17, 15) is 10.1 Å². The highest BCUT2D eigenvalue weighted by atomic mass is 79.9. The number of hydrogen-bond donors (Lipinski definition) is 0. The quantitative estimate of drug-likeness (QED) is 0.639. The summed E-state index contributed by atoms with van der Waals surface area (Å²) in [6.45, 7) is 0. The molecule has 2 aromatic heterocycles. The van der Waals surface area contributed by atoms with Gasteiger partial charge >= 0.3 is 0 Å². The minimum Gasteiger partial charge on any atom is -0.479 e. The molecule has 2 aromatic rings. The van der Waals surface area contributed by atoms with Crippen LogP contribution in [0.25, 0.3) is 5.82 Å². The molecule has 88 valence electrons. The second kappa shape index (κ2) is 4.50. The fourth-order valence-corrected chi connectivity index (χ4v) is 1.65. The summed E-state index contributed by atoms with van der Waals surface area (Å²) in [5, 5.41) is 14.6. The second-order valence-electron chi connectivity index (χ2n) is 3.06. The van der Waals surface area contributed by atoms with Gasteiger partial charge in [-0.1, -0.05) is 0 Å². The van der Waals surface area contributed by atoms with Crippen molar-refractivity contribution >= 4 is 21.6 Å². The molecule has 8 heteroatoms. The van der Waals surface area contributed by atoms with Gasteiger partial charge in [0, 0.05) is 6.07 Å². The highest BCUT2D eigenvalue weighted by molar-refractivity contribution is 9.10. The second-order valence-corrected chi connectivity index (χ2v) is 3.92. The van der Waals surface area contributed by atoms with Crippen molar-refractivity contribution < 1.29 is 9.66 Å². The van der Waals surface area contributed by atoms with E-state index >= 15 is 0 Å². The van der Waals surface area contributed by atoms with Gasteiger partial charge in [0.1, 0.15) is 6.20 Å². The van der Waals surface area contributed by atoms with Crippen molar-refractivity contribution in [1.29, 1.82) is 0 Å². The van der Waals surface area contributed by atoms with Gasteiger partial charge in [-0.15, -0.1) is 5.10 Å². The summed E-state index contributed by atoms with van der Waals surface area (Å²) in [6.07, 6.45) is 2.84. The van der Waals surface area contributed by atoms with Gasteiger partial charge in [0.25, 0.3) is 5.69 Å². The van der Waals surface area contributed by atoms with E-state index in [0.29, 0.717) is 16.2 Å². The summed E-state index contributed by atoms with van der Waals surface area (Å²) in [5.74, 6) is 0.893. The molecule has 2 rings (SSSR count). The molecule has 0 fully saturated rings. The molecule has 0 aliphatic heterocycles. The van der Waals surface area contributed by atoms with Crippen molar-refractivity contribution in [3.63, 3.8) is 0 Å². The molecule has 0 aliphatic rings. The van der Waals surface area contributed by atoms with Gasteiger partial charge in [-0.3, -0.25) is 10.1 Å². The van der Waals surface area contributed by atoms with Crippen molar-refractivity contribution in [1.82, 2.24) is 14.8 Å². The molecule has 2 heterocycles. The number of halogens is 1. The minimum absolute atomic E-state index is 0.0630. The Balaban J connectivity index is 2.36. The Morgan fingerprint density at radius 3 is 2.76 bits per heavy atom. The Hall–Kier alpha value is -1.96. The zero-order valence-corrected chi connectivity index (χ0v) is 10.3. The number of nitrogens with zero attached hydrogens (tertiary/aromatic N) is 4. The third-order valence-corrected chi connectivity index (χ3v) is 2.55. The molecule has 7 nitrogen and oxygen atoms in total. The molecular formula is C9H7BrN4O3. The SMILES string of the molecule is COc1nn(-c2ccc([N+](=O)[O-])cn2)cc1Br. The number of hydrogen-bond acceptors (Lipinski definition) is 5. The van der Waals surface area contributed by atoms with Gasteiger partial charge in [-0.05, 0) is 22.0 Å². The molecule has 0 aromatic carbocycles. The van der Waals surface area contributed by atoms with Crippen LogP contribution in [0.3, 0.4) is 0 Å². The van der Waals surface area contributed by atoms with Crippen molar-refractivity contribution in [2.45, 2.75) is 0 Å². The van der Waals surface area contributed by atoms with Crippen LogP contribution < -0.4 is 4.74 Å². The Morgan fingerprint density at radius 1 is 1.53 bits per heavy atom. The van der Waals surface area contributed by atoms with Crippen LogP contribution in [0.4, 0.5) is 5.69 Å². The summed E-state index contributed by atoms with van der Waals surface area (Å²) in [6, 6.07) is 2.88. The Kier molecular flexibility index (Phi) is 3.05. The zero-order chi connectivity index (χ0) is 12.4. The molecule has 0 N–H and O–H groups in total. The molecule has 0 aliphatic carbocycles. The lowest BCUT2D eigenvalue weighted by Crippen LogP contribution is -1.99. The van der Waals surface area contributed by atoms with E-state index in [4.69, 9.17) is 4.74 Å². The van der Waals surface area contributed by atoms with Gasteiger partial charge in [0.05, 0.1) is 22.7 Å². The molecule has 0 saturated heterocycles. The van der Waals surface area contributed by atoms with E-state index in [1.807, 2.05) is 0 Å². The first-order valence-electron chi connectivity index (χ1n) is 4.52. The lowest BCUT2D eigenvalue weighted by atomic mass is 10.4. The first-order chi connectivity index (χ1) is 8.11. The maximum absolute atomic E-state index is 10.5. The lowest BCUT2D eigenvalue weighted by Gasteiger charge is -1.98. The van der Waals surface area contributed by atoms with Crippen molar-refractivity contribution in [2.24, 2.45) is 0 Å². The van der Waals surface area contributed by atoms with Crippen molar-refractivity contribution in [2.75, 3.05) is 7.11 Å². The van der Waals surface area contributed by atoms with E-state index < -0.39 is 4.92 Å². The van der Waals surface area contributed by atoms with Gasteiger partial charge in [-0.25, -0.2) is 9.67 Å². The zero-order valence-electron chi connectivity index (χ0n) is 8.70. The summed E-state index contributed by atoms with van der Waals surface area (Å²) >= 11 is 3.27. The van der Waals surface area contributed by atoms with Crippen LogP contribution >= 0.6 is 15.9 Å². The standard InChI is InChI=1S/C9H7BrN4O3/c1-17-9-7(10)5-13(12-9)8-3-2-6(4-11-8)14(15)16/h2-5H,1H3. The monoisotopic (exact) mass is 298 g/mol. The third-order valence-electron chi connectivity index (χ3n) is 2.01. The number of methoxy groups -OCH3 is 1. The van der Waals surface area contributed by atoms with Crippen molar-refractivity contribution in [3.05, 3.63) is 39.1 Å². The van der Waals surface area contributed by atoms with Gasteiger partial charge < -0.3 is 4.74 Å². The highest BCUT2D eigenvalue weighted by Crippen LogP contribution is 2.23. The molecule has 0 saturated carbocycles. The Bertz CT molecular complexity index is 552. The van der Waals surface area contributed by atoms with Crippen LogP contribution in [0.5, 0.6) is 5.88 Å². The molecule has 0 spiro atoms. The summed E-state index contributed by atoms with van der Waals surface area (Å²) in [5.41, 5.74) is -0.0630.